The van der Waals surface area contributed by atoms with Crippen LogP contribution < -0.4 is 21.1 Å². The number of hydrogen-bond donors (Lipinski definition) is 3. The molecule has 1 aromatic heterocycles. The van der Waals surface area contributed by atoms with E-state index in [4.69, 9.17) is 0 Å². The number of carbonyl (C=O) groups excluding carboxylic acids is 1. The maximum atomic E-state index is 15.8. The Morgan fingerprint density at radius 2 is 1.97 bits per heavy atom. The van der Waals surface area contributed by atoms with Gasteiger partial charge in [0.25, 0.3) is 12.3 Å². The molecule has 0 saturated carbocycles. The molecule has 2 aliphatic heterocycles. The van der Waals surface area contributed by atoms with Crippen LogP contribution in [-0.4, -0.2) is 61.6 Å². The fourth-order valence-electron chi connectivity index (χ4n) is 4.38. The molecule has 1 atom stereocenters. The number of H-pyrrole nitrogens is 1. The molecule has 3 heterocycles. The molecule has 3 N–H and O–H groups in total. The third-order valence-electron chi connectivity index (χ3n) is 6.51. The van der Waals surface area contributed by atoms with Gasteiger partial charge in [-0.05, 0) is 38.6 Å². The van der Waals surface area contributed by atoms with Gasteiger partial charge in [-0.1, -0.05) is 6.08 Å². The molecule has 0 aliphatic carbocycles. The minimum absolute atomic E-state index is 0.111. The van der Waals surface area contributed by atoms with E-state index in [0.717, 1.165) is 6.20 Å². The van der Waals surface area contributed by atoms with Crippen LogP contribution in [-0.2, 0) is 0 Å². The number of benzene rings is 1. The Morgan fingerprint density at radius 3 is 2.63 bits per heavy atom. The molecular weight excluding hydrogens is 466 g/mol. The zero-order valence-electron chi connectivity index (χ0n) is 19.4. The molecule has 11 heteroatoms. The number of halogens is 4. The number of amides is 1. The first-order valence-electron chi connectivity index (χ1n) is 11.4. The van der Waals surface area contributed by atoms with Crippen LogP contribution in [0.25, 0.3) is 5.57 Å². The Kier molecular flexibility index (Phi) is 7.27. The second-order valence-corrected chi connectivity index (χ2v) is 8.84. The SMILES string of the molecule is C[C@H]1CN(c2cc(NC(=O)c3c[nH]c(=O)cc3C(F)F)c(F)c(C3=CCCNC3)c2F)CCN1C. The van der Waals surface area contributed by atoms with E-state index in [1.165, 1.54) is 6.07 Å². The molecule has 1 saturated heterocycles. The Labute approximate surface area is 199 Å². The number of pyridine rings is 1. The molecule has 1 aromatic carbocycles. The minimum Gasteiger partial charge on any atom is -0.366 e. The van der Waals surface area contributed by atoms with E-state index < -0.39 is 40.7 Å². The van der Waals surface area contributed by atoms with E-state index in [2.05, 4.69) is 20.5 Å². The Hall–Kier alpha value is -3.18. The third kappa shape index (κ3) is 5.10. The molecule has 4 rings (SSSR count). The maximum Gasteiger partial charge on any atom is 0.264 e. The molecule has 188 valence electrons. The number of piperazine rings is 1. The summed E-state index contributed by atoms with van der Waals surface area (Å²) in [5.74, 6) is -2.76. The number of rotatable bonds is 5. The predicted octanol–water partition coefficient (Wildman–Crippen LogP) is 3.36. The van der Waals surface area contributed by atoms with Crippen molar-refractivity contribution in [3.63, 3.8) is 0 Å². The van der Waals surface area contributed by atoms with Gasteiger partial charge in [0.1, 0.15) is 0 Å². The summed E-state index contributed by atoms with van der Waals surface area (Å²) in [6.45, 7) is 4.55. The lowest BCUT2D eigenvalue weighted by Crippen LogP contribution is -2.50. The predicted molar refractivity (Wildman–Crippen MR) is 126 cm³/mol. The second-order valence-electron chi connectivity index (χ2n) is 8.84. The fraction of sp³-hybridized carbons (Fsp3) is 0.417. The first kappa shape index (κ1) is 24.9. The molecule has 2 aliphatic rings. The number of aromatic nitrogens is 1. The van der Waals surface area contributed by atoms with Crippen LogP contribution in [0.4, 0.5) is 28.9 Å². The monoisotopic (exact) mass is 493 g/mol. The highest BCUT2D eigenvalue weighted by Crippen LogP contribution is 2.36. The lowest BCUT2D eigenvalue weighted by atomic mass is 9.98. The normalized spacial score (nSPS) is 19.1. The minimum atomic E-state index is -3.09. The van der Waals surface area contributed by atoms with Crippen molar-refractivity contribution >= 4 is 22.9 Å². The van der Waals surface area contributed by atoms with Gasteiger partial charge in [0.2, 0.25) is 5.56 Å². The number of hydrogen-bond acceptors (Lipinski definition) is 5. The summed E-state index contributed by atoms with van der Waals surface area (Å²) in [7, 11) is 1.96. The van der Waals surface area contributed by atoms with Gasteiger partial charge in [0, 0.05) is 50.0 Å². The van der Waals surface area contributed by atoms with E-state index in [0.29, 0.717) is 44.2 Å². The zero-order valence-corrected chi connectivity index (χ0v) is 19.4. The van der Waals surface area contributed by atoms with Crippen molar-refractivity contribution in [2.24, 2.45) is 0 Å². The lowest BCUT2D eigenvalue weighted by Gasteiger charge is -2.39. The molecule has 0 radical (unpaired) electrons. The number of nitrogens with zero attached hydrogens (tertiary/aromatic N) is 2. The first-order chi connectivity index (χ1) is 16.7. The van der Waals surface area contributed by atoms with Crippen molar-refractivity contribution in [3.05, 3.63) is 63.1 Å². The molecule has 2 aromatic rings. The lowest BCUT2D eigenvalue weighted by molar-refractivity contribution is 0.101. The van der Waals surface area contributed by atoms with E-state index in [9.17, 15) is 18.4 Å². The average Bonchev–Trinajstić information content (AvgIpc) is 2.83. The standard InChI is InChI=1S/C24H27F4N5O2/c1-13-12-33(7-6-32(13)2)18-9-17(21(25)20(22(18)26)14-4-3-5-29-10-14)31-24(35)16-11-30-19(34)8-15(16)23(27)28/h4,8-9,11,13,23,29H,3,5-7,10,12H2,1-2H3,(H,30,34)(H,31,35)/t13-/m0/s1. The number of carbonyl (C=O) groups is 1. The van der Waals surface area contributed by atoms with E-state index in [1.54, 1.807) is 11.0 Å². The van der Waals surface area contributed by atoms with Crippen molar-refractivity contribution in [3.8, 4) is 0 Å². The Balaban J connectivity index is 1.79. The van der Waals surface area contributed by atoms with Gasteiger partial charge in [-0.25, -0.2) is 17.6 Å². The zero-order chi connectivity index (χ0) is 25.3. The molecule has 35 heavy (non-hydrogen) atoms. The highest BCUT2D eigenvalue weighted by molar-refractivity contribution is 6.05. The van der Waals surface area contributed by atoms with Gasteiger partial charge in [-0.2, -0.15) is 0 Å². The summed E-state index contributed by atoms with van der Waals surface area (Å²) in [6, 6.07) is 1.94. The van der Waals surface area contributed by atoms with Gasteiger partial charge in [0.05, 0.1) is 22.5 Å². The van der Waals surface area contributed by atoms with Crippen LogP contribution in [0.5, 0.6) is 0 Å². The van der Waals surface area contributed by atoms with Crippen molar-refractivity contribution < 1.29 is 22.4 Å². The molecule has 0 unspecified atom stereocenters. The number of anilines is 2. The summed E-state index contributed by atoms with van der Waals surface area (Å²) in [6.07, 6.45) is 0.1000. The van der Waals surface area contributed by atoms with Crippen LogP contribution >= 0.6 is 0 Å². The van der Waals surface area contributed by atoms with Gasteiger partial charge in [-0.15, -0.1) is 0 Å². The average molecular weight is 494 g/mol. The van der Waals surface area contributed by atoms with Crippen LogP contribution in [0.1, 0.15) is 41.3 Å². The highest BCUT2D eigenvalue weighted by Gasteiger charge is 2.29. The quantitative estimate of drug-likeness (QED) is 0.557. The van der Waals surface area contributed by atoms with Crippen molar-refractivity contribution in [2.75, 3.05) is 50.0 Å². The molecule has 0 spiro atoms. The number of alkyl halides is 2. The topological polar surface area (TPSA) is 80.5 Å². The second kappa shape index (κ2) is 10.2. The number of nitrogens with one attached hydrogen (secondary N) is 3. The molecule has 1 fully saturated rings. The van der Waals surface area contributed by atoms with E-state index in [1.807, 2.05) is 14.0 Å². The summed E-state index contributed by atoms with van der Waals surface area (Å²) in [4.78, 5) is 30.4. The van der Waals surface area contributed by atoms with Crippen LogP contribution in [0.15, 0.2) is 29.2 Å². The highest BCUT2D eigenvalue weighted by atomic mass is 19.3. The van der Waals surface area contributed by atoms with Crippen LogP contribution in [0.2, 0.25) is 0 Å². The Morgan fingerprint density at radius 1 is 1.20 bits per heavy atom. The van der Waals surface area contributed by atoms with Gasteiger partial charge < -0.3 is 25.4 Å². The number of aromatic amines is 1. The number of likely N-dealkylation sites (N-methyl/N-ethyl adjacent to an activating group) is 1. The maximum absolute atomic E-state index is 15.8. The van der Waals surface area contributed by atoms with Crippen molar-refractivity contribution in [1.82, 2.24) is 15.2 Å². The largest absolute Gasteiger partial charge is 0.366 e. The van der Waals surface area contributed by atoms with Gasteiger partial charge in [-0.3, -0.25) is 9.59 Å². The van der Waals surface area contributed by atoms with E-state index >= 15 is 8.78 Å². The first-order valence-corrected chi connectivity index (χ1v) is 11.4. The summed E-state index contributed by atoms with van der Waals surface area (Å²) >= 11 is 0. The Bertz CT molecular complexity index is 1210. The van der Waals surface area contributed by atoms with Crippen LogP contribution in [0.3, 0.4) is 0 Å². The van der Waals surface area contributed by atoms with Crippen molar-refractivity contribution in [2.45, 2.75) is 25.8 Å². The molecule has 7 nitrogen and oxygen atoms in total. The fourth-order valence-corrected chi connectivity index (χ4v) is 4.38. The summed E-state index contributed by atoms with van der Waals surface area (Å²) < 4.78 is 58.3. The van der Waals surface area contributed by atoms with E-state index in [-0.39, 0.29) is 29.5 Å². The van der Waals surface area contributed by atoms with Crippen molar-refractivity contribution in [1.29, 1.82) is 0 Å². The molecule has 1 amide bonds. The van der Waals surface area contributed by atoms with Crippen LogP contribution in [0, 0.1) is 11.6 Å². The molecular formula is C24H27F4N5O2. The summed E-state index contributed by atoms with van der Waals surface area (Å²) in [5.41, 5.74) is -2.12. The summed E-state index contributed by atoms with van der Waals surface area (Å²) in [5, 5.41) is 5.41. The molecule has 0 bridgehead atoms. The van der Waals surface area contributed by atoms with Gasteiger partial charge in [0.15, 0.2) is 11.6 Å². The third-order valence-corrected chi connectivity index (χ3v) is 6.51. The van der Waals surface area contributed by atoms with Gasteiger partial charge >= 0.3 is 0 Å². The smallest absolute Gasteiger partial charge is 0.264 e.